The summed E-state index contributed by atoms with van der Waals surface area (Å²) in [7, 11) is 0. The van der Waals surface area contributed by atoms with Gasteiger partial charge in [0, 0.05) is 19.0 Å². The first kappa shape index (κ1) is 9.64. The Balaban J connectivity index is 1.64. The molecular weight excluding hydrogens is 188 g/mol. The molecule has 3 heteroatoms. The van der Waals surface area contributed by atoms with Crippen molar-refractivity contribution in [3.8, 4) is 0 Å². The van der Waals surface area contributed by atoms with Crippen molar-refractivity contribution in [3.63, 3.8) is 0 Å². The molecule has 0 aromatic heterocycles. The summed E-state index contributed by atoms with van der Waals surface area (Å²) in [5, 5.41) is 8.31. The molecule has 2 saturated carbocycles. The molecule has 1 saturated heterocycles. The lowest BCUT2D eigenvalue weighted by Crippen LogP contribution is -2.44. The fourth-order valence-corrected chi connectivity index (χ4v) is 3.62. The van der Waals surface area contributed by atoms with E-state index >= 15 is 0 Å². The van der Waals surface area contributed by atoms with Gasteiger partial charge >= 0.3 is 0 Å². The maximum Gasteiger partial charge on any atom is 0.0994 e. The van der Waals surface area contributed by atoms with E-state index in [-0.39, 0.29) is 0 Å². The van der Waals surface area contributed by atoms with Crippen molar-refractivity contribution >= 4 is 5.84 Å². The van der Waals surface area contributed by atoms with Gasteiger partial charge in [0.05, 0.1) is 19.0 Å². The number of hydrogen-bond acceptors (Lipinski definition) is 2. The van der Waals surface area contributed by atoms with Gasteiger partial charge in [-0.15, -0.1) is 0 Å². The molecule has 0 amide bonds. The van der Waals surface area contributed by atoms with E-state index in [1.54, 1.807) is 0 Å². The van der Waals surface area contributed by atoms with Gasteiger partial charge in [0.2, 0.25) is 0 Å². The molecule has 84 valence electrons. The molecule has 0 aromatic carbocycles. The number of amidine groups is 1. The van der Waals surface area contributed by atoms with Gasteiger partial charge in [0.1, 0.15) is 0 Å². The average molecular weight is 208 g/mol. The highest BCUT2D eigenvalue weighted by atomic mass is 16.5. The molecule has 0 radical (unpaired) electrons. The molecule has 0 spiro atoms. The number of nitrogens with zero attached hydrogens (tertiary/aromatic N) is 1. The van der Waals surface area contributed by atoms with Crippen LogP contribution in [-0.2, 0) is 4.74 Å². The fourth-order valence-electron chi connectivity index (χ4n) is 3.62. The van der Waals surface area contributed by atoms with Crippen LogP contribution in [0.25, 0.3) is 0 Å². The Kier molecular flexibility index (Phi) is 2.43. The highest BCUT2D eigenvalue weighted by Gasteiger charge is 2.42. The van der Waals surface area contributed by atoms with Gasteiger partial charge in [-0.1, -0.05) is 6.42 Å². The Labute approximate surface area is 91.3 Å². The Morgan fingerprint density at radius 3 is 2.53 bits per heavy atom. The van der Waals surface area contributed by atoms with Crippen LogP contribution >= 0.6 is 0 Å². The maximum absolute atomic E-state index is 8.31. The summed E-state index contributed by atoms with van der Waals surface area (Å²) in [6.45, 7) is 3.49. The second-order valence-corrected chi connectivity index (χ2v) is 5.27. The molecule has 3 fully saturated rings. The van der Waals surface area contributed by atoms with Crippen molar-refractivity contribution in [2.24, 2.45) is 17.8 Å². The Hall–Kier alpha value is -0.570. The molecule has 1 N–H and O–H groups in total. The SMILES string of the molecule is N=C(C1CC2CCC1C2)N1CCOCC1. The lowest BCUT2D eigenvalue weighted by Gasteiger charge is -2.34. The van der Waals surface area contributed by atoms with E-state index in [9.17, 15) is 0 Å². The van der Waals surface area contributed by atoms with E-state index in [2.05, 4.69) is 4.90 Å². The summed E-state index contributed by atoms with van der Waals surface area (Å²) in [6, 6.07) is 0. The van der Waals surface area contributed by atoms with E-state index in [1.165, 1.54) is 25.7 Å². The molecule has 3 unspecified atom stereocenters. The van der Waals surface area contributed by atoms with Gasteiger partial charge < -0.3 is 9.64 Å². The quantitative estimate of drug-likeness (QED) is 0.526. The summed E-state index contributed by atoms with van der Waals surface area (Å²) < 4.78 is 5.34. The normalized spacial score (nSPS) is 39.7. The van der Waals surface area contributed by atoms with E-state index in [0.717, 1.165) is 44.0 Å². The molecular formula is C12H20N2O. The van der Waals surface area contributed by atoms with Gasteiger partial charge in [0.25, 0.3) is 0 Å². The summed E-state index contributed by atoms with van der Waals surface area (Å²) >= 11 is 0. The van der Waals surface area contributed by atoms with Gasteiger partial charge in [-0.3, -0.25) is 5.41 Å². The number of ether oxygens (including phenoxy) is 1. The Morgan fingerprint density at radius 1 is 1.13 bits per heavy atom. The maximum atomic E-state index is 8.31. The van der Waals surface area contributed by atoms with Crippen LogP contribution in [-0.4, -0.2) is 37.0 Å². The third-order valence-corrected chi connectivity index (χ3v) is 4.44. The first-order valence-electron chi connectivity index (χ1n) is 6.25. The molecule has 1 aliphatic heterocycles. The highest BCUT2D eigenvalue weighted by molar-refractivity contribution is 5.82. The average Bonchev–Trinajstić information content (AvgIpc) is 2.91. The molecule has 1 heterocycles. The number of nitrogens with one attached hydrogen (secondary N) is 1. The van der Waals surface area contributed by atoms with Crippen LogP contribution in [0.4, 0.5) is 0 Å². The molecule has 2 bridgehead atoms. The third kappa shape index (κ3) is 1.67. The summed E-state index contributed by atoms with van der Waals surface area (Å²) in [4.78, 5) is 2.24. The zero-order valence-corrected chi connectivity index (χ0v) is 9.24. The summed E-state index contributed by atoms with van der Waals surface area (Å²) in [6.07, 6.45) is 5.50. The minimum Gasteiger partial charge on any atom is -0.378 e. The second-order valence-electron chi connectivity index (χ2n) is 5.27. The number of rotatable bonds is 1. The molecule has 15 heavy (non-hydrogen) atoms. The van der Waals surface area contributed by atoms with E-state index < -0.39 is 0 Å². The van der Waals surface area contributed by atoms with Crippen LogP contribution in [0.2, 0.25) is 0 Å². The van der Waals surface area contributed by atoms with E-state index in [1.807, 2.05) is 0 Å². The fraction of sp³-hybridized carbons (Fsp3) is 0.917. The van der Waals surface area contributed by atoms with Crippen molar-refractivity contribution in [2.75, 3.05) is 26.3 Å². The smallest absolute Gasteiger partial charge is 0.0994 e. The minimum absolute atomic E-state index is 0.585. The zero-order valence-electron chi connectivity index (χ0n) is 9.24. The lowest BCUT2D eigenvalue weighted by atomic mass is 9.87. The number of fused-ring (bicyclic) bond motifs is 2. The Morgan fingerprint density at radius 2 is 1.93 bits per heavy atom. The molecule has 3 rings (SSSR count). The predicted molar refractivity (Wildman–Crippen MR) is 59.1 cm³/mol. The van der Waals surface area contributed by atoms with Gasteiger partial charge in [-0.05, 0) is 31.1 Å². The highest BCUT2D eigenvalue weighted by Crippen LogP contribution is 2.48. The second kappa shape index (κ2) is 3.78. The third-order valence-electron chi connectivity index (χ3n) is 4.44. The first-order valence-corrected chi connectivity index (χ1v) is 6.25. The molecule has 2 aliphatic carbocycles. The van der Waals surface area contributed by atoms with Crippen LogP contribution in [0.1, 0.15) is 25.7 Å². The standard InChI is InChI=1S/C12H20N2O/c13-12(14-3-5-15-6-4-14)11-8-9-1-2-10(11)7-9/h9-11,13H,1-8H2. The van der Waals surface area contributed by atoms with Gasteiger partial charge in [0.15, 0.2) is 0 Å². The number of morpholine rings is 1. The monoisotopic (exact) mass is 208 g/mol. The predicted octanol–water partition coefficient (Wildman–Crippen LogP) is 1.73. The van der Waals surface area contributed by atoms with Crippen LogP contribution in [0.3, 0.4) is 0 Å². The molecule has 0 aromatic rings. The van der Waals surface area contributed by atoms with Crippen molar-refractivity contribution in [1.82, 2.24) is 4.90 Å². The van der Waals surface area contributed by atoms with Crippen LogP contribution < -0.4 is 0 Å². The van der Waals surface area contributed by atoms with Crippen LogP contribution in [0.5, 0.6) is 0 Å². The summed E-state index contributed by atoms with van der Waals surface area (Å²) in [5.74, 6) is 3.29. The van der Waals surface area contributed by atoms with Crippen molar-refractivity contribution in [1.29, 1.82) is 5.41 Å². The van der Waals surface area contributed by atoms with E-state index in [4.69, 9.17) is 10.1 Å². The molecule has 3 aliphatic rings. The van der Waals surface area contributed by atoms with E-state index in [0.29, 0.717) is 5.92 Å². The summed E-state index contributed by atoms with van der Waals surface area (Å²) in [5.41, 5.74) is 0. The minimum atomic E-state index is 0.585. The topological polar surface area (TPSA) is 36.3 Å². The van der Waals surface area contributed by atoms with Crippen molar-refractivity contribution in [3.05, 3.63) is 0 Å². The molecule has 3 nitrogen and oxygen atoms in total. The first-order chi connectivity index (χ1) is 7.34. The molecule has 3 atom stereocenters. The van der Waals surface area contributed by atoms with Gasteiger partial charge in [-0.2, -0.15) is 0 Å². The van der Waals surface area contributed by atoms with Crippen molar-refractivity contribution in [2.45, 2.75) is 25.7 Å². The van der Waals surface area contributed by atoms with Crippen LogP contribution in [0.15, 0.2) is 0 Å². The van der Waals surface area contributed by atoms with Gasteiger partial charge in [-0.25, -0.2) is 0 Å². The zero-order chi connectivity index (χ0) is 10.3. The Bertz CT molecular complexity index is 260. The lowest BCUT2D eigenvalue weighted by molar-refractivity contribution is 0.0645. The van der Waals surface area contributed by atoms with Crippen molar-refractivity contribution < 1.29 is 4.74 Å². The largest absolute Gasteiger partial charge is 0.378 e. The number of hydrogen-bond donors (Lipinski definition) is 1. The van der Waals surface area contributed by atoms with Crippen LogP contribution in [0, 0.1) is 23.2 Å².